The zero-order valence-electron chi connectivity index (χ0n) is 11.1. The number of hydrogen-bond donors (Lipinski definition) is 1. The number of rotatable bonds is 3. The van der Waals surface area contributed by atoms with Crippen LogP contribution in [-0.2, 0) is 0 Å². The number of benzene rings is 1. The summed E-state index contributed by atoms with van der Waals surface area (Å²) in [6.07, 6.45) is 5.39. The molecule has 0 radical (unpaired) electrons. The van der Waals surface area contributed by atoms with Gasteiger partial charge < -0.3 is 5.32 Å². The van der Waals surface area contributed by atoms with Gasteiger partial charge in [0.2, 0.25) is 0 Å². The minimum absolute atomic E-state index is 0.0568. The van der Waals surface area contributed by atoms with Crippen LogP contribution in [0, 0.1) is 21.8 Å². The molecule has 1 aromatic rings. The van der Waals surface area contributed by atoms with Crippen LogP contribution in [0.2, 0.25) is 0 Å². The molecule has 0 aliphatic heterocycles. The van der Waals surface area contributed by atoms with Crippen molar-refractivity contribution >= 4 is 11.4 Å². The third-order valence-corrected chi connectivity index (χ3v) is 3.77. The van der Waals surface area contributed by atoms with Crippen LogP contribution < -0.4 is 5.32 Å². The Kier molecular flexibility index (Phi) is 4.35. The molecule has 0 aromatic heterocycles. The summed E-state index contributed by atoms with van der Waals surface area (Å²) in [5.74, 6) is 0.254. The lowest BCUT2D eigenvalue weighted by atomic mass is 10.0. The number of halogens is 1. The van der Waals surface area contributed by atoms with Gasteiger partial charge in [-0.15, -0.1) is 0 Å². The normalized spacial score (nSPS) is 23.7. The Bertz CT molecular complexity index is 465. The van der Waals surface area contributed by atoms with Crippen molar-refractivity contribution < 1.29 is 9.31 Å². The van der Waals surface area contributed by atoms with Gasteiger partial charge in [0.25, 0.3) is 5.69 Å². The fourth-order valence-electron chi connectivity index (χ4n) is 2.63. The highest BCUT2D eigenvalue weighted by Gasteiger charge is 2.20. The molecule has 2 atom stereocenters. The second-order valence-electron chi connectivity index (χ2n) is 5.37. The third kappa shape index (κ3) is 3.66. The summed E-state index contributed by atoms with van der Waals surface area (Å²) < 4.78 is 13.2. The van der Waals surface area contributed by atoms with E-state index in [2.05, 4.69) is 12.2 Å². The number of nitrogens with zero attached hydrogens (tertiary/aromatic N) is 1. The molecule has 1 aromatic carbocycles. The van der Waals surface area contributed by atoms with E-state index in [1.807, 2.05) is 0 Å². The zero-order valence-corrected chi connectivity index (χ0v) is 11.1. The van der Waals surface area contributed by atoms with Crippen LogP contribution in [0.1, 0.15) is 39.0 Å². The largest absolute Gasteiger partial charge is 0.377 e. The highest BCUT2D eigenvalue weighted by Crippen LogP contribution is 2.29. The molecule has 0 saturated heterocycles. The van der Waals surface area contributed by atoms with Crippen LogP contribution in [0.15, 0.2) is 18.2 Å². The molecule has 0 bridgehead atoms. The summed E-state index contributed by atoms with van der Waals surface area (Å²) in [5, 5.41) is 14.1. The van der Waals surface area contributed by atoms with Gasteiger partial charge in [0.15, 0.2) is 0 Å². The zero-order chi connectivity index (χ0) is 13.8. The smallest absolute Gasteiger partial charge is 0.292 e. The summed E-state index contributed by atoms with van der Waals surface area (Å²) in [4.78, 5) is 10.5. The maximum absolute atomic E-state index is 13.2. The second-order valence-corrected chi connectivity index (χ2v) is 5.37. The van der Waals surface area contributed by atoms with Crippen molar-refractivity contribution in [2.75, 3.05) is 5.32 Å². The Hall–Kier alpha value is -1.65. The topological polar surface area (TPSA) is 55.2 Å². The van der Waals surface area contributed by atoms with Gasteiger partial charge in [0.05, 0.1) is 4.92 Å². The molecule has 2 rings (SSSR count). The molecular formula is C14H19FN2O2. The number of nitro benzene ring substituents is 1. The fourth-order valence-corrected chi connectivity index (χ4v) is 2.63. The summed E-state index contributed by atoms with van der Waals surface area (Å²) >= 11 is 0. The molecular weight excluding hydrogens is 247 g/mol. The number of nitrogens with one attached hydrogen (secondary N) is 1. The van der Waals surface area contributed by atoms with Crippen LogP contribution in [0.25, 0.3) is 0 Å². The lowest BCUT2D eigenvalue weighted by molar-refractivity contribution is -0.384. The van der Waals surface area contributed by atoms with Gasteiger partial charge in [0, 0.05) is 18.2 Å². The first kappa shape index (κ1) is 13.8. The fraction of sp³-hybridized carbons (Fsp3) is 0.571. The molecule has 4 nitrogen and oxygen atoms in total. The minimum atomic E-state index is -0.471. The molecule has 0 spiro atoms. The van der Waals surface area contributed by atoms with E-state index in [1.54, 1.807) is 0 Å². The first-order valence-electron chi connectivity index (χ1n) is 6.76. The van der Waals surface area contributed by atoms with Crippen molar-refractivity contribution in [2.24, 2.45) is 5.92 Å². The molecule has 1 saturated carbocycles. The number of anilines is 1. The van der Waals surface area contributed by atoms with Crippen LogP contribution in [0.4, 0.5) is 15.8 Å². The highest BCUT2D eigenvalue weighted by atomic mass is 19.1. The lowest BCUT2D eigenvalue weighted by Crippen LogP contribution is -2.19. The first-order chi connectivity index (χ1) is 9.06. The Morgan fingerprint density at radius 3 is 2.84 bits per heavy atom. The first-order valence-corrected chi connectivity index (χ1v) is 6.76. The van der Waals surface area contributed by atoms with Gasteiger partial charge in [-0.25, -0.2) is 4.39 Å². The van der Waals surface area contributed by atoms with Gasteiger partial charge in [-0.2, -0.15) is 0 Å². The summed E-state index contributed by atoms with van der Waals surface area (Å²) in [5.41, 5.74) is 0.239. The second kappa shape index (κ2) is 5.99. The molecule has 1 N–H and O–H groups in total. The van der Waals surface area contributed by atoms with Crippen molar-refractivity contribution in [3.05, 3.63) is 34.1 Å². The number of nitro groups is 1. The SMILES string of the molecule is CC1CCCC(Nc2cc(F)ccc2[N+](=O)[O-])CC1. The highest BCUT2D eigenvalue weighted by molar-refractivity contribution is 5.61. The Labute approximate surface area is 112 Å². The van der Waals surface area contributed by atoms with Crippen molar-refractivity contribution in [3.8, 4) is 0 Å². The van der Waals surface area contributed by atoms with Crippen LogP contribution in [0.5, 0.6) is 0 Å². The van der Waals surface area contributed by atoms with Gasteiger partial charge in [-0.1, -0.05) is 19.8 Å². The van der Waals surface area contributed by atoms with Gasteiger partial charge in [-0.05, 0) is 31.2 Å². The van der Waals surface area contributed by atoms with Gasteiger partial charge in [0.1, 0.15) is 11.5 Å². The predicted molar refractivity (Wildman–Crippen MR) is 72.7 cm³/mol. The van der Waals surface area contributed by atoms with E-state index in [0.29, 0.717) is 11.6 Å². The lowest BCUT2D eigenvalue weighted by Gasteiger charge is -2.17. The van der Waals surface area contributed by atoms with E-state index in [9.17, 15) is 14.5 Å². The predicted octanol–water partition coefficient (Wildman–Crippen LogP) is 4.11. The number of hydrogen-bond acceptors (Lipinski definition) is 3. The van der Waals surface area contributed by atoms with Crippen molar-refractivity contribution in [3.63, 3.8) is 0 Å². The summed E-state index contributed by atoms with van der Waals surface area (Å²) in [6, 6.07) is 3.76. The minimum Gasteiger partial charge on any atom is -0.377 e. The molecule has 1 fully saturated rings. The van der Waals surface area contributed by atoms with Gasteiger partial charge >= 0.3 is 0 Å². The standard InChI is InChI=1S/C14H19FN2O2/c1-10-3-2-4-12(7-5-10)16-13-9-11(15)6-8-14(13)17(18)19/h6,8-10,12,16H,2-5,7H2,1H3. The Morgan fingerprint density at radius 1 is 1.32 bits per heavy atom. The van der Waals surface area contributed by atoms with Crippen LogP contribution in [0.3, 0.4) is 0 Å². The average Bonchev–Trinajstić information content (AvgIpc) is 2.54. The molecule has 1 aliphatic carbocycles. The molecule has 104 valence electrons. The van der Waals surface area contributed by atoms with E-state index in [1.165, 1.54) is 18.6 Å². The van der Waals surface area contributed by atoms with Crippen molar-refractivity contribution in [2.45, 2.75) is 45.1 Å². The van der Waals surface area contributed by atoms with E-state index in [-0.39, 0.29) is 11.7 Å². The van der Waals surface area contributed by atoms with Gasteiger partial charge in [-0.3, -0.25) is 10.1 Å². The molecule has 2 unspecified atom stereocenters. The maximum Gasteiger partial charge on any atom is 0.292 e. The Balaban J connectivity index is 2.13. The van der Waals surface area contributed by atoms with E-state index >= 15 is 0 Å². The van der Waals surface area contributed by atoms with Crippen LogP contribution >= 0.6 is 0 Å². The maximum atomic E-state index is 13.2. The molecule has 19 heavy (non-hydrogen) atoms. The van der Waals surface area contributed by atoms with E-state index in [4.69, 9.17) is 0 Å². The van der Waals surface area contributed by atoms with Crippen molar-refractivity contribution in [1.29, 1.82) is 0 Å². The Morgan fingerprint density at radius 2 is 2.11 bits per heavy atom. The van der Waals surface area contributed by atoms with E-state index in [0.717, 1.165) is 31.7 Å². The summed E-state index contributed by atoms with van der Waals surface area (Å²) in [7, 11) is 0. The molecule has 0 heterocycles. The van der Waals surface area contributed by atoms with Crippen LogP contribution in [-0.4, -0.2) is 11.0 Å². The molecule has 1 aliphatic rings. The quantitative estimate of drug-likeness (QED) is 0.508. The molecule has 5 heteroatoms. The average molecular weight is 266 g/mol. The monoisotopic (exact) mass is 266 g/mol. The molecule has 0 amide bonds. The van der Waals surface area contributed by atoms with Crippen molar-refractivity contribution in [1.82, 2.24) is 0 Å². The van der Waals surface area contributed by atoms with E-state index < -0.39 is 10.7 Å². The summed E-state index contributed by atoms with van der Waals surface area (Å²) in [6.45, 7) is 2.23. The third-order valence-electron chi connectivity index (χ3n) is 3.77.